The summed E-state index contributed by atoms with van der Waals surface area (Å²) in [6.07, 6.45) is 0. The van der Waals surface area contributed by atoms with E-state index >= 15 is 0 Å². The van der Waals surface area contributed by atoms with E-state index in [1.54, 1.807) is 0 Å². The first-order valence-electron chi connectivity index (χ1n) is 2.34. The van der Waals surface area contributed by atoms with Crippen molar-refractivity contribution in [2.45, 2.75) is 6.92 Å². The largest absolute Gasteiger partial charge is 0.241 e. The third-order valence-electron chi connectivity index (χ3n) is 1.14. The average Bonchev–Trinajstić information content (AvgIpc) is 1.33. The Balaban J connectivity index is 2.28. The molecule has 1 rings (SSSR count). The molecule has 0 unspecified atom stereocenters. The predicted molar refractivity (Wildman–Crippen MR) is 26.3 cm³/mol. The monoisotopic (exact) mass is 84.1 g/mol. The van der Waals surface area contributed by atoms with Gasteiger partial charge in [-0.05, 0) is 0 Å². The fraction of sp³-hybridized carbons (Fsp3) is 0.800. The average molecular weight is 84.1 g/mol. The third kappa shape index (κ3) is 0.445. The van der Waals surface area contributed by atoms with Crippen molar-refractivity contribution in [3.05, 3.63) is 0 Å². The third-order valence-corrected chi connectivity index (χ3v) is 1.14. The molecule has 1 heteroatoms. The summed E-state index contributed by atoms with van der Waals surface area (Å²) in [7, 11) is 0. The van der Waals surface area contributed by atoms with Crippen LogP contribution in [0.1, 0.15) is 6.92 Å². The Labute approximate surface area is 38.3 Å². The van der Waals surface area contributed by atoms with Crippen molar-refractivity contribution in [1.82, 2.24) is 0 Å². The van der Waals surface area contributed by atoms with Gasteiger partial charge in [0, 0.05) is 0 Å². The molecule has 1 saturated heterocycles. The van der Waals surface area contributed by atoms with Crippen LogP contribution in [0.2, 0.25) is 0 Å². The Morgan fingerprint density at radius 2 is 2.17 bits per heavy atom. The molecule has 0 aromatic heterocycles. The van der Waals surface area contributed by atoms with Crippen molar-refractivity contribution >= 4 is 6.72 Å². The Morgan fingerprint density at radius 3 is 2.17 bits per heavy atom. The van der Waals surface area contributed by atoms with Gasteiger partial charge in [0.2, 0.25) is 0 Å². The van der Waals surface area contributed by atoms with Crippen molar-refractivity contribution < 1.29 is 4.58 Å². The van der Waals surface area contributed by atoms with Gasteiger partial charge < -0.3 is 0 Å². The maximum Gasteiger partial charge on any atom is 0.150 e. The molecule has 0 amide bonds. The summed E-state index contributed by atoms with van der Waals surface area (Å²) in [5, 5.41) is 0. The molecule has 0 radical (unpaired) electrons. The van der Waals surface area contributed by atoms with Crippen LogP contribution < -0.4 is 0 Å². The molecular weight excluding hydrogens is 74.1 g/mol. The van der Waals surface area contributed by atoms with E-state index in [0.29, 0.717) is 0 Å². The molecule has 1 fully saturated rings. The number of nitrogens with zero attached hydrogens (tertiary/aromatic N) is 1. The van der Waals surface area contributed by atoms with E-state index in [4.69, 9.17) is 0 Å². The lowest BCUT2D eigenvalue weighted by Crippen LogP contribution is -2.35. The van der Waals surface area contributed by atoms with Crippen molar-refractivity contribution in [3.8, 4) is 0 Å². The molecule has 0 aliphatic carbocycles. The van der Waals surface area contributed by atoms with Gasteiger partial charge in [-0.25, -0.2) is 4.58 Å². The summed E-state index contributed by atoms with van der Waals surface area (Å²) < 4.78 is 2.07. The van der Waals surface area contributed by atoms with E-state index in [1.807, 2.05) is 0 Å². The van der Waals surface area contributed by atoms with Crippen LogP contribution in [0, 0.1) is 5.92 Å². The highest BCUT2D eigenvalue weighted by Gasteiger charge is 2.22. The molecule has 1 aliphatic rings. The highest BCUT2D eigenvalue weighted by Crippen LogP contribution is 2.04. The van der Waals surface area contributed by atoms with E-state index < -0.39 is 0 Å². The van der Waals surface area contributed by atoms with Crippen LogP contribution in [0.15, 0.2) is 0 Å². The van der Waals surface area contributed by atoms with Gasteiger partial charge in [-0.3, -0.25) is 0 Å². The van der Waals surface area contributed by atoms with Gasteiger partial charge in [-0.1, -0.05) is 6.92 Å². The van der Waals surface area contributed by atoms with Crippen molar-refractivity contribution in [1.29, 1.82) is 0 Å². The van der Waals surface area contributed by atoms with E-state index in [-0.39, 0.29) is 0 Å². The second kappa shape index (κ2) is 1.07. The lowest BCUT2D eigenvalue weighted by Gasteiger charge is -2.16. The van der Waals surface area contributed by atoms with Gasteiger partial charge in [0.1, 0.15) is 6.72 Å². The first-order chi connectivity index (χ1) is 2.79. The molecule has 6 heavy (non-hydrogen) atoms. The molecule has 0 N–H and O–H groups in total. The quantitative estimate of drug-likeness (QED) is 0.372. The lowest BCUT2D eigenvalue weighted by molar-refractivity contribution is -0.595. The molecule has 0 aromatic rings. The highest BCUT2D eigenvalue weighted by molar-refractivity contribution is 5.15. The van der Waals surface area contributed by atoms with E-state index in [0.717, 1.165) is 5.92 Å². The first-order valence-corrected chi connectivity index (χ1v) is 2.34. The Kier molecular flexibility index (Phi) is 0.685. The molecule has 1 nitrogen and oxygen atoms in total. The standard InChI is InChI=1S/C5H10N/c1-5-3-6(2)4-5/h5H,2-4H2,1H3/q+1. The van der Waals surface area contributed by atoms with Crippen molar-refractivity contribution in [2.75, 3.05) is 13.1 Å². The fourth-order valence-electron chi connectivity index (χ4n) is 0.828. The molecule has 0 spiro atoms. The van der Waals surface area contributed by atoms with Crippen LogP contribution in [-0.2, 0) is 0 Å². The zero-order valence-corrected chi connectivity index (χ0v) is 4.15. The Bertz CT molecular complexity index is 68.0. The zero-order chi connectivity index (χ0) is 4.57. The van der Waals surface area contributed by atoms with E-state index in [2.05, 4.69) is 18.2 Å². The molecular formula is C5H10N+. The highest BCUT2D eigenvalue weighted by atomic mass is 15.0. The van der Waals surface area contributed by atoms with Gasteiger partial charge in [0.15, 0.2) is 13.1 Å². The smallest absolute Gasteiger partial charge is 0.150 e. The zero-order valence-electron chi connectivity index (χ0n) is 4.15. The number of rotatable bonds is 0. The minimum atomic E-state index is 0.905. The van der Waals surface area contributed by atoms with E-state index in [9.17, 15) is 0 Å². The van der Waals surface area contributed by atoms with Crippen LogP contribution in [0.3, 0.4) is 0 Å². The Morgan fingerprint density at radius 1 is 1.67 bits per heavy atom. The normalized spacial score (nSPS) is 23.8. The predicted octanol–water partition coefficient (Wildman–Crippen LogP) is 0.349. The second-order valence-electron chi connectivity index (χ2n) is 2.14. The molecule has 0 bridgehead atoms. The molecule has 34 valence electrons. The molecule has 0 saturated carbocycles. The van der Waals surface area contributed by atoms with Crippen LogP contribution in [0.5, 0.6) is 0 Å². The summed E-state index contributed by atoms with van der Waals surface area (Å²) in [4.78, 5) is 0. The van der Waals surface area contributed by atoms with Crippen LogP contribution >= 0.6 is 0 Å². The van der Waals surface area contributed by atoms with Gasteiger partial charge in [0.25, 0.3) is 0 Å². The van der Waals surface area contributed by atoms with Crippen molar-refractivity contribution in [3.63, 3.8) is 0 Å². The SMILES string of the molecule is C=[N+]1CC(C)C1. The van der Waals surface area contributed by atoms with Crippen LogP contribution in [0.4, 0.5) is 0 Å². The van der Waals surface area contributed by atoms with E-state index in [1.165, 1.54) is 13.1 Å². The lowest BCUT2D eigenvalue weighted by atomic mass is 10.1. The summed E-state index contributed by atoms with van der Waals surface area (Å²) >= 11 is 0. The number of hydrogen-bond donors (Lipinski definition) is 0. The summed E-state index contributed by atoms with van der Waals surface area (Å²) in [5.41, 5.74) is 0. The maximum absolute atomic E-state index is 3.73. The topological polar surface area (TPSA) is 3.01 Å². The maximum atomic E-state index is 3.73. The summed E-state index contributed by atoms with van der Waals surface area (Å²) in [5.74, 6) is 0.905. The molecule has 0 aromatic carbocycles. The van der Waals surface area contributed by atoms with Crippen molar-refractivity contribution in [2.24, 2.45) is 5.92 Å². The van der Waals surface area contributed by atoms with Crippen LogP contribution in [-0.4, -0.2) is 24.4 Å². The van der Waals surface area contributed by atoms with Gasteiger partial charge in [-0.15, -0.1) is 0 Å². The number of hydrogen-bond acceptors (Lipinski definition) is 0. The summed E-state index contributed by atoms with van der Waals surface area (Å²) in [6.45, 7) is 8.35. The summed E-state index contributed by atoms with van der Waals surface area (Å²) in [6, 6.07) is 0. The molecule has 1 heterocycles. The van der Waals surface area contributed by atoms with Crippen LogP contribution in [0.25, 0.3) is 0 Å². The minimum absolute atomic E-state index is 0.905. The second-order valence-corrected chi connectivity index (χ2v) is 2.14. The molecule has 0 atom stereocenters. The minimum Gasteiger partial charge on any atom is -0.241 e. The molecule has 1 aliphatic heterocycles. The Hall–Kier alpha value is -0.330. The van der Waals surface area contributed by atoms with Gasteiger partial charge >= 0.3 is 0 Å². The first kappa shape index (κ1) is 3.85. The van der Waals surface area contributed by atoms with Gasteiger partial charge in [0.05, 0.1) is 5.92 Å². The fourth-order valence-corrected chi connectivity index (χ4v) is 0.828. The van der Waals surface area contributed by atoms with Gasteiger partial charge in [-0.2, -0.15) is 0 Å².